The number of ketones is 1. The average Bonchev–Trinajstić information content (AvgIpc) is 3.06. The molecule has 0 radical (unpaired) electrons. The number of carbonyl (C=O) groups is 2. The number of benzene rings is 1. The van der Waals surface area contributed by atoms with Crippen LogP contribution in [0.25, 0.3) is 0 Å². The molecule has 0 fully saturated rings. The van der Waals surface area contributed by atoms with E-state index in [9.17, 15) is 9.59 Å². The fourth-order valence-electron chi connectivity index (χ4n) is 2.17. The van der Waals surface area contributed by atoms with Gasteiger partial charge in [0.05, 0.1) is 0 Å². The molecule has 2 rings (SSSR count). The Labute approximate surface area is 135 Å². The highest BCUT2D eigenvalue weighted by Crippen LogP contribution is 2.10. The third-order valence-corrected chi connectivity index (χ3v) is 4.47. The lowest BCUT2D eigenvalue weighted by Gasteiger charge is -2.05. The van der Waals surface area contributed by atoms with Gasteiger partial charge in [-0.05, 0) is 29.9 Å². The van der Waals surface area contributed by atoms with Crippen molar-refractivity contribution < 1.29 is 9.59 Å². The number of carbonyl (C=O) groups excluding carboxylic acids is 2. The van der Waals surface area contributed by atoms with E-state index >= 15 is 0 Å². The van der Waals surface area contributed by atoms with Crippen LogP contribution < -0.4 is 5.32 Å². The Morgan fingerprint density at radius 1 is 1.09 bits per heavy atom. The first-order valence-electron chi connectivity index (χ1n) is 7.60. The maximum atomic E-state index is 12.0. The second-order valence-electron chi connectivity index (χ2n) is 5.15. The molecule has 4 heteroatoms. The standard InChI is InChI=1S/C18H21NO2S/c1-2-14-5-7-15(8-6-14)17(20)9-10-18(21)19-12-11-16-4-3-13-22-16/h3-8,13H,2,9-12H2,1H3,(H,19,21). The maximum absolute atomic E-state index is 12.0. The second kappa shape index (κ2) is 8.49. The van der Waals surface area contributed by atoms with Crippen LogP contribution in [0.2, 0.25) is 0 Å². The summed E-state index contributed by atoms with van der Waals surface area (Å²) in [5.41, 5.74) is 1.89. The first kappa shape index (κ1) is 16.4. The van der Waals surface area contributed by atoms with Crippen LogP contribution in [0.4, 0.5) is 0 Å². The van der Waals surface area contributed by atoms with E-state index in [0.717, 1.165) is 12.8 Å². The molecular weight excluding hydrogens is 294 g/mol. The SMILES string of the molecule is CCc1ccc(C(=O)CCC(=O)NCCc2cccs2)cc1. The van der Waals surface area contributed by atoms with Gasteiger partial charge in [-0.2, -0.15) is 0 Å². The van der Waals surface area contributed by atoms with Gasteiger partial charge in [0.2, 0.25) is 5.91 Å². The summed E-state index contributed by atoms with van der Waals surface area (Å²) in [5.74, 6) is -0.0360. The number of hydrogen-bond donors (Lipinski definition) is 1. The molecule has 0 unspecified atom stereocenters. The molecule has 0 saturated carbocycles. The van der Waals surface area contributed by atoms with Crippen molar-refractivity contribution in [3.63, 3.8) is 0 Å². The van der Waals surface area contributed by atoms with Gasteiger partial charge in [0, 0.05) is 29.8 Å². The molecule has 1 amide bonds. The van der Waals surface area contributed by atoms with E-state index in [1.54, 1.807) is 11.3 Å². The molecule has 1 heterocycles. The molecule has 3 nitrogen and oxygen atoms in total. The van der Waals surface area contributed by atoms with Crippen molar-refractivity contribution >= 4 is 23.0 Å². The molecule has 0 spiro atoms. The van der Waals surface area contributed by atoms with E-state index in [1.165, 1.54) is 10.4 Å². The van der Waals surface area contributed by atoms with Crippen molar-refractivity contribution in [1.82, 2.24) is 5.32 Å². The van der Waals surface area contributed by atoms with Crippen molar-refractivity contribution in [2.45, 2.75) is 32.6 Å². The summed E-state index contributed by atoms with van der Waals surface area (Å²) in [7, 11) is 0. The summed E-state index contributed by atoms with van der Waals surface area (Å²) in [6.07, 6.45) is 2.31. The van der Waals surface area contributed by atoms with Gasteiger partial charge in [0.1, 0.15) is 0 Å². The van der Waals surface area contributed by atoms with Crippen molar-refractivity contribution in [1.29, 1.82) is 0 Å². The van der Waals surface area contributed by atoms with Crippen LogP contribution in [0.15, 0.2) is 41.8 Å². The molecule has 1 aromatic heterocycles. The van der Waals surface area contributed by atoms with Crippen molar-refractivity contribution in [2.75, 3.05) is 6.54 Å². The highest BCUT2D eigenvalue weighted by Gasteiger charge is 2.09. The number of rotatable bonds is 8. The molecule has 1 aromatic carbocycles. The Kier molecular flexibility index (Phi) is 6.34. The molecule has 0 bridgehead atoms. The molecule has 0 atom stereocenters. The molecule has 0 saturated heterocycles. The third kappa shape index (κ3) is 5.11. The maximum Gasteiger partial charge on any atom is 0.220 e. The zero-order chi connectivity index (χ0) is 15.8. The largest absolute Gasteiger partial charge is 0.356 e. The van der Waals surface area contributed by atoms with Gasteiger partial charge in [0.15, 0.2) is 5.78 Å². The Hall–Kier alpha value is -1.94. The number of aryl methyl sites for hydroxylation is 1. The van der Waals surface area contributed by atoms with Crippen LogP contribution in [-0.2, 0) is 17.6 Å². The minimum atomic E-state index is -0.0601. The van der Waals surface area contributed by atoms with Gasteiger partial charge in [-0.3, -0.25) is 9.59 Å². The Balaban J connectivity index is 1.69. The Morgan fingerprint density at radius 3 is 2.50 bits per heavy atom. The molecule has 2 aromatic rings. The van der Waals surface area contributed by atoms with Gasteiger partial charge in [0.25, 0.3) is 0 Å². The molecule has 116 valence electrons. The number of Topliss-reactive ketones (excluding diaryl/α,β-unsaturated/α-hetero) is 1. The molecular formula is C18H21NO2S. The molecule has 0 aliphatic carbocycles. The van der Waals surface area contributed by atoms with Gasteiger partial charge in [-0.1, -0.05) is 37.3 Å². The van der Waals surface area contributed by atoms with Crippen molar-refractivity contribution in [3.8, 4) is 0 Å². The summed E-state index contributed by atoms with van der Waals surface area (Å²) in [6.45, 7) is 2.70. The van der Waals surface area contributed by atoms with Crippen LogP contribution in [0.5, 0.6) is 0 Å². The number of hydrogen-bond acceptors (Lipinski definition) is 3. The Morgan fingerprint density at radius 2 is 1.86 bits per heavy atom. The van der Waals surface area contributed by atoms with E-state index in [4.69, 9.17) is 0 Å². The minimum absolute atomic E-state index is 0.0241. The van der Waals surface area contributed by atoms with Crippen LogP contribution in [-0.4, -0.2) is 18.2 Å². The number of nitrogens with one attached hydrogen (secondary N) is 1. The van der Waals surface area contributed by atoms with Crippen LogP contribution in [0.1, 0.15) is 40.6 Å². The number of thiophene rings is 1. The van der Waals surface area contributed by atoms with Gasteiger partial charge in [-0.15, -0.1) is 11.3 Å². The zero-order valence-electron chi connectivity index (χ0n) is 12.8. The average molecular weight is 315 g/mol. The first-order valence-corrected chi connectivity index (χ1v) is 8.48. The normalized spacial score (nSPS) is 10.4. The van der Waals surface area contributed by atoms with Crippen LogP contribution >= 0.6 is 11.3 Å². The summed E-state index contributed by atoms with van der Waals surface area (Å²) in [4.78, 5) is 25.0. The lowest BCUT2D eigenvalue weighted by atomic mass is 10.0. The smallest absolute Gasteiger partial charge is 0.220 e. The van der Waals surface area contributed by atoms with Crippen molar-refractivity contribution in [2.24, 2.45) is 0 Å². The summed E-state index contributed by atoms with van der Waals surface area (Å²) in [5, 5.41) is 4.89. The monoisotopic (exact) mass is 315 g/mol. The lowest BCUT2D eigenvalue weighted by molar-refractivity contribution is -0.121. The van der Waals surface area contributed by atoms with E-state index in [1.807, 2.05) is 35.7 Å². The zero-order valence-corrected chi connectivity index (χ0v) is 13.6. The highest BCUT2D eigenvalue weighted by atomic mass is 32.1. The lowest BCUT2D eigenvalue weighted by Crippen LogP contribution is -2.25. The topological polar surface area (TPSA) is 46.2 Å². The van der Waals surface area contributed by atoms with E-state index in [0.29, 0.717) is 12.1 Å². The number of amides is 1. The van der Waals surface area contributed by atoms with E-state index in [2.05, 4.69) is 18.3 Å². The predicted molar refractivity (Wildman–Crippen MR) is 90.4 cm³/mol. The molecule has 0 aliphatic heterocycles. The molecule has 22 heavy (non-hydrogen) atoms. The quantitative estimate of drug-likeness (QED) is 0.756. The molecule has 1 N–H and O–H groups in total. The summed E-state index contributed by atoms with van der Waals surface area (Å²) >= 11 is 1.69. The fourth-order valence-corrected chi connectivity index (χ4v) is 2.88. The third-order valence-electron chi connectivity index (χ3n) is 3.54. The van der Waals surface area contributed by atoms with Gasteiger partial charge < -0.3 is 5.32 Å². The van der Waals surface area contributed by atoms with Gasteiger partial charge >= 0.3 is 0 Å². The summed E-state index contributed by atoms with van der Waals surface area (Å²) < 4.78 is 0. The van der Waals surface area contributed by atoms with Crippen LogP contribution in [0.3, 0.4) is 0 Å². The first-order chi connectivity index (χ1) is 10.7. The predicted octanol–water partition coefficient (Wildman–Crippen LogP) is 3.63. The second-order valence-corrected chi connectivity index (χ2v) is 6.19. The Bertz CT molecular complexity index is 603. The molecule has 0 aliphatic rings. The summed E-state index contributed by atoms with van der Waals surface area (Å²) in [6, 6.07) is 11.7. The van der Waals surface area contributed by atoms with Crippen LogP contribution in [0, 0.1) is 0 Å². The van der Waals surface area contributed by atoms with Gasteiger partial charge in [-0.25, -0.2) is 0 Å². The van der Waals surface area contributed by atoms with Crippen molar-refractivity contribution in [3.05, 3.63) is 57.8 Å². The highest BCUT2D eigenvalue weighted by molar-refractivity contribution is 7.09. The van der Waals surface area contributed by atoms with E-state index in [-0.39, 0.29) is 24.5 Å². The van der Waals surface area contributed by atoms with E-state index < -0.39 is 0 Å². The fraction of sp³-hybridized carbons (Fsp3) is 0.333. The minimum Gasteiger partial charge on any atom is -0.356 e.